The van der Waals surface area contributed by atoms with Crippen molar-refractivity contribution in [2.75, 3.05) is 19.3 Å². The Labute approximate surface area is 254 Å². The third-order valence-electron chi connectivity index (χ3n) is 7.48. The molecule has 2 atom stereocenters. The van der Waals surface area contributed by atoms with E-state index in [0.29, 0.717) is 61.1 Å². The maximum atomic E-state index is 13.0. The van der Waals surface area contributed by atoms with Gasteiger partial charge in [0.1, 0.15) is 24.5 Å². The van der Waals surface area contributed by atoms with Crippen LogP contribution >= 0.6 is 35.0 Å². The highest BCUT2D eigenvalue weighted by Crippen LogP contribution is 2.35. The van der Waals surface area contributed by atoms with Crippen molar-refractivity contribution in [3.8, 4) is 0 Å². The molecule has 41 heavy (non-hydrogen) atoms. The molecule has 0 aliphatic carbocycles. The molecular formula is C30H35Cl2N4O4S+. The number of carboxylic acids is 1. The molecule has 4 rings (SSSR count). The summed E-state index contributed by atoms with van der Waals surface area (Å²) in [6, 6.07) is 11.0. The molecule has 2 amide bonds. The molecule has 1 saturated heterocycles. The normalized spacial score (nSPS) is 17.8. The van der Waals surface area contributed by atoms with Crippen LogP contribution in [-0.4, -0.2) is 59.5 Å². The second-order valence-corrected chi connectivity index (χ2v) is 12.0. The average molecular weight is 619 g/mol. The second kappa shape index (κ2) is 14.4. The number of halogens is 2. The lowest BCUT2D eigenvalue weighted by atomic mass is 9.95. The monoisotopic (exact) mass is 617 g/mol. The number of amides is 2. The van der Waals surface area contributed by atoms with E-state index in [4.69, 9.17) is 23.2 Å². The first-order valence-electron chi connectivity index (χ1n) is 13.6. The lowest BCUT2D eigenvalue weighted by molar-refractivity contribution is -0.752. The van der Waals surface area contributed by atoms with Crippen molar-refractivity contribution >= 4 is 59.1 Å². The van der Waals surface area contributed by atoms with E-state index >= 15 is 0 Å². The zero-order valence-electron chi connectivity index (χ0n) is 23.2. The summed E-state index contributed by atoms with van der Waals surface area (Å²) in [5.41, 5.74) is 3.81. The quantitative estimate of drug-likeness (QED) is 0.329. The molecule has 1 fully saturated rings. The molecule has 2 heterocycles. The summed E-state index contributed by atoms with van der Waals surface area (Å²) in [6.45, 7) is 3.64. The fourth-order valence-electron chi connectivity index (χ4n) is 5.02. The van der Waals surface area contributed by atoms with Gasteiger partial charge in [-0.1, -0.05) is 59.1 Å². The molecule has 2 aliphatic heterocycles. The van der Waals surface area contributed by atoms with Crippen LogP contribution in [0.5, 0.6) is 0 Å². The van der Waals surface area contributed by atoms with Gasteiger partial charge in [0.2, 0.25) is 11.8 Å². The molecule has 0 saturated carbocycles. The highest BCUT2D eigenvalue weighted by molar-refractivity contribution is 7.98. The SMILES string of the molecule is CSc1ccc(CCC(=O)N2CCC(C(=O)N[C@@H](CC3=C[NH+](Cc4ccc(C)cc4)C=N3)C(=O)O)CC2)c(Cl)c1Cl. The number of hydrogen-bond donors (Lipinski definition) is 3. The van der Waals surface area contributed by atoms with Crippen LogP contribution in [0.15, 0.2) is 58.2 Å². The lowest BCUT2D eigenvalue weighted by Crippen LogP contribution is -3.04. The molecular weight excluding hydrogens is 583 g/mol. The van der Waals surface area contributed by atoms with Crippen molar-refractivity contribution in [1.82, 2.24) is 10.2 Å². The highest BCUT2D eigenvalue weighted by atomic mass is 35.5. The Kier molecular flexibility index (Phi) is 10.9. The van der Waals surface area contributed by atoms with E-state index in [0.717, 1.165) is 20.9 Å². The van der Waals surface area contributed by atoms with E-state index in [2.05, 4.69) is 34.6 Å². The van der Waals surface area contributed by atoms with Gasteiger partial charge in [-0.15, -0.1) is 11.8 Å². The third-order valence-corrected chi connectivity index (χ3v) is 9.29. The molecule has 0 radical (unpaired) electrons. The number of carbonyl (C=O) groups excluding carboxylic acids is 2. The molecule has 2 aromatic carbocycles. The minimum absolute atomic E-state index is 0.00266. The van der Waals surface area contributed by atoms with Gasteiger partial charge in [-0.3, -0.25) is 14.5 Å². The van der Waals surface area contributed by atoms with E-state index in [1.807, 2.05) is 31.5 Å². The van der Waals surface area contributed by atoms with Crippen LogP contribution in [0.1, 0.15) is 42.4 Å². The number of thioether (sulfide) groups is 1. The van der Waals surface area contributed by atoms with Gasteiger partial charge in [0.05, 0.1) is 10.0 Å². The van der Waals surface area contributed by atoms with Crippen molar-refractivity contribution < 1.29 is 24.4 Å². The summed E-state index contributed by atoms with van der Waals surface area (Å²) >= 11 is 14.2. The first kappa shape index (κ1) is 31.1. The van der Waals surface area contributed by atoms with Crippen LogP contribution in [0.4, 0.5) is 0 Å². The van der Waals surface area contributed by atoms with Crippen LogP contribution in [0, 0.1) is 12.8 Å². The van der Waals surface area contributed by atoms with Crippen molar-refractivity contribution in [1.29, 1.82) is 0 Å². The average Bonchev–Trinajstić information content (AvgIpc) is 3.41. The minimum Gasteiger partial charge on any atom is -0.480 e. The Morgan fingerprint density at radius 2 is 1.83 bits per heavy atom. The van der Waals surface area contributed by atoms with Crippen molar-refractivity contribution in [2.45, 2.75) is 56.5 Å². The van der Waals surface area contributed by atoms with E-state index in [9.17, 15) is 19.5 Å². The number of aliphatic carboxylic acids is 1. The van der Waals surface area contributed by atoms with Gasteiger partial charge in [0.15, 0.2) is 6.34 Å². The van der Waals surface area contributed by atoms with Crippen LogP contribution in [0.3, 0.4) is 0 Å². The van der Waals surface area contributed by atoms with Gasteiger partial charge in [0, 0.05) is 42.3 Å². The standard InChI is InChI=1S/C30H34Cl2N4O4S/c1-19-3-5-20(6-4-19)16-35-17-23(33-18-35)15-24(30(39)40)34-29(38)22-11-13-36(14-12-22)26(37)10-8-21-7-9-25(41-2)28(32)27(21)31/h3-7,9,17-18,22,24H,8,10-16H2,1-2H3,(H,34,38)(H,39,40)/p+1/t24-/m0/s1. The summed E-state index contributed by atoms with van der Waals surface area (Å²) in [6.07, 6.45) is 7.42. The Hall–Kier alpha value is -2.85. The predicted octanol–water partition coefficient (Wildman–Crippen LogP) is 4.12. The van der Waals surface area contributed by atoms with Gasteiger partial charge >= 0.3 is 5.97 Å². The summed E-state index contributed by atoms with van der Waals surface area (Å²) in [7, 11) is 0. The zero-order chi connectivity index (χ0) is 29.5. The smallest absolute Gasteiger partial charge is 0.326 e. The van der Waals surface area contributed by atoms with Crippen molar-refractivity contribution in [3.63, 3.8) is 0 Å². The van der Waals surface area contributed by atoms with Crippen LogP contribution in [0.2, 0.25) is 10.0 Å². The Balaban J connectivity index is 1.24. The molecule has 11 heteroatoms. The summed E-state index contributed by atoms with van der Waals surface area (Å²) in [4.78, 5) is 45.8. The molecule has 8 nitrogen and oxygen atoms in total. The minimum atomic E-state index is -1.10. The number of piperidine rings is 1. The number of aliphatic imine (C=N–C) groups is 1. The van der Waals surface area contributed by atoms with E-state index in [-0.39, 0.29) is 24.2 Å². The lowest BCUT2D eigenvalue weighted by Gasteiger charge is -2.32. The predicted molar refractivity (Wildman–Crippen MR) is 162 cm³/mol. The molecule has 218 valence electrons. The van der Waals surface area contributed by atoms with Crippen molar-refractivity contribution in [3.05, 3.63) is 75.0 Å². The molecule has 3 N–H and O–H groups in total. The molecule has 2 aromatic rings. The summed E-state index contributed by atoms with van der Waals surface area (Å²) in [5, 5.41) is 13.5. The van der Waals surface area contributed by atoms with Crippen LogP contribution in [-0.2, 0) is 27.3 Å². The molecule has 0 aromatic heterocycles. The fourth-order valence-corrected chi connectivity index (χ4v) is 6.23. The molecule has 2 aliphatic rings. The largest absolute Gasteiger partial charge is 0.480 e. The van der Waals surface area contributed by atoms with Crippen LogP contribution < -0.4 is 10.2 Å². The van der Waals surface area contributed by atoms with E-state index in [1.54, 1.807) is 11.2 Å². The van der Waals surface area contributed by atoms with Crippen molar-refractivity contribution in [2.24, 2.45) is 10.9 Å². The fraction of sp³-hybridized carbons (Fsp3) is 0.400. The number of hydrogen-bond acceptors (Lipinski definition) is 5. The number of aryl methyl sites for hydroxylation is 2. The Morgan fingerprint density at radius 1 is 1.12 bits per heavy atom. The topological polar surface area (TPSA) is 104 Å². The second-order valence-electron chi connectivity index (χ2n) is 10.4. The molecule has 0 bridgehead atoms. The summed E-state index contributed by atoms with van der Waals surface area (Å²) in [5.74, 6) is -1.75. The number of likely N-dealkylation sites (tertiary alicyclic amines) is 1. The number of carbonyl (C=O) groups is 3. The number of nitrogens with zero attached hydrogens (tertiary/aromatic N) is 2. The Bertz CT molecular complexity index is 1340. The van der Waals surface area contributed by atoms with E-state index < -0.39 is 12.0 Å². The number of benzene rings is 2. The van der Waals surface area contributed by atoms with Gasteiger partial charge in [-0.2, -0.15) is 0 Å². The zero-order valence-corrected chi connectivity index (χ0v) is 25.5. The Morgan fingerprint density at radius 3 is 2.49 bits per heavy atom. The van der Waals surface area contributed by atoms with Gasteiger partial charge in [-0.25, -0.2) is 9.79 Å². The molecule has 1 unspecified atom stereocenters. The number of nitrogens with one attached hydrogen (secondary N) is 2. The number of quaternary nitrogens is 1. The third kappa shape index (κ3) is 8.35. The first-order valence-corrected chi connectivity index (χ1v) is 15.6. The van der Waals surface area contributed by atoms with Gasteiger partial charge in [0.25, 0.3) is 0 Å². The molecule has 0 spiro atoms. The first-order chi connectivity index (χ1) is 19.6. The highest BCUT2D eigenvalue weighted by Gasteiger charge is 2.31. The maximum Gasteiger partial charge on any atom is 0.326 e. The van der Waals surface area contributed by atoms with Gasteiger partial charge < -0.3 is 15.3 Å². The number of carboxylic acid groups (broad SMARTS) is 1. The maximum absolute atomic E-state index is 13.0. The number of rotatable bonds is 11. The van der Waals surface area contributed by atoms with Gasteiger partial charge in [-0.05, 0) is 44.1 Å². The summed E-state index contributed by atoms with van der Waals surface area (Å²) < 4.78 is 0. The van der Waals surface area contributed by atoms with Crippen LogP contribution in [0.25, 0.3) is 0 Å². The van der Waals surface area contributed by atoms with E-state index in [1.165, 1.54) is 17.3 Å².